The molecule has 4 nitrogen and oxygen atoms in total. The van der Waals surface area contributed by atoms with Crippen molar-refractivity contribution in [3.63, 3.8) is 0 Å². The zero-order chi connectivity index (χ0) is 11.1. The molecule has 0 spiro atoms. The van der Waals surface area contributed by atoms with Gasteiger partial charge >= 0.3 is 11.9 Å². The van der Waals surface area contributed by atoms with E-state index in [1.165, 1.54) is 14.2 Å². The molecule has 0 unspecified atom stereocenters. The van der Waals surface area contributed by atoms with Crippen molar-refractivity contribution in [2.45, 2.75) is 6.42 Å². The van der Waals surface area contributed by atoms with Gasteiger partial charge in [0.15, 0.2) is 0 Å². The zero-order valence-electron chi connectivity index (χ0n) is 8.00. The molecule has 0 radical (unpaired) electrons. The van der Waals surface area contributed by atoms with Crippen molar-refractivity contribution in [2.24, 2.45) is 0 Å². The highest BCUT2D eigenvalue weighted by atomic mass is 79.9. The summed E-state index contributed by atoms with van der Waals surface area (Å²) in [6.45, 7) is 3.56. The van der Waals surface area contributed by atoms with E-state index in [0.29, 0.717) is 4.48 Å². The lowest BCUT2D eigenvalue weighted by molar-refractivity contribution is -0.138. The van der Waals surface area contributed by atoms with Crippen molar-refractivity contribution in [1.82, 2.24) is 0 Å². The van der Waals surface area contributed by atoms with Crippen LogP contribution in [0.25, 0.3) is 0 Å². The average Bonchev–Trinajstić information content (AvgIpc) is 2.14. The van der Waals surface area contributed by atoms with E-state index < -0.39 is 11.9 Å². The third-order valence-electron chi connectivity index (χ3n) is 1.32. The van der Waals surface area contributed by atoms with Gasteiger partial charge in [-0.3, -0.25) is 0 Å². The van der Waals surface area contributed by atoms with Crippen molar-refractivity contribution < 1.29 is 19.1 Å². The van der Waals surface area contributed by atoms with E-state index in [4.69, 9.17) is 0 Å². The van der Waals surface area contributed by atoms with Crippen LogP contribution >= 0.6 is 15.9 Å². The van der Waals surface area contributed by atoms with E-state index in [2.05, 4.69) is 32.0 Å². The van der Waals surface area contributed by atoms with Crippen LogP contribution in [-0.2, 0) is 19.1 Å². The van der Waals surface area contributed by atoms with Gasteiger partial charge in [0.1, 0.15) is 0 Å². The zero-order valence-corrected chi connectivity index (χ0v) is 9.59. The van der Waals surface area contributed by atoms with E-state index >= 15 is 0 Å². The minimum atomic E-state index is -0.598. The molecule has 78 valence electrons. The smallest absolute Gasteiger partial charge is 0.334 e. The Morgan fingerprint density at radius 2 is 1.93 bits per heavy atom. The molecule has 0 saturated carbocycles. The third kappa shape index (κ3) is 4.81. The number of carbonyl (C=O) groups excluding carboxylic acids is 2. The van der Waals surface area contributed by atoms with Crippen LogP contribution in [0, 0.1) is 0 Å². The number of rotatable bonds is 4. The first-order valence-electron chi connectivity index (χ1n) is 3.71. The number of ether oxygens (including phenoxy) is 2. The Morgan fingerprint density at radius 1 is 1.36 bits per heavy atom. The molecule has 0 amide bonds. The molecule has 0 N–H and O–H groups in total. The lowest BCUT2D eigenvalue weighted by Gasteiger charge is -2.03. The van der Waals surface area contributed by atoms with Gasteiger partial charge < -0.3 is 9.47 Å². The molecule has 0 fully saturated rings. The summed E-state index contributed by atoms with van der Waals surface area (Å²) >= 11 is 3.09. The standard InChI is InChI=1S/C9H11BrO4/c1-6(10)4-7(9(12)14-3)5-8(11)13-2/h5H,1,4H2,2-3H3/b7-5-. The summed E-state index contributed by atoms with van der Waals surface area (Å²) < 4.78 is 9.45. The quantitative estimate of drug-likeness (QED) is 0.570. The highest BCUT2D eigenvalue weighted by Crippen LogP contribution is 2.15. The molecule has 0 atom stereocenters. The van der Waals surface area contributed by atoms with Gasteiger partial charge in [0.25, 0.3) is 0 Å². The first-order chi connectivity index (χ1) is 6.51. The van der Waals surface area contributed by atoms with E-state index in [-0.39, 0.29) is 12.0 Å². The van der Waals surface area contributed by atoms with Gasteiger partial charge in [0.2, 0.25) is 0 Å². The van der Waals surface area contributed by atoms with Crippen LogP contribution in [0.2, 0.25) is 0 Å². The predicted octanol–water partition coefficient (Wildman–Crippen LogP) is 1.56. The second-order valence-corrected chi connectivity index (χ2v) is 3.50. The maximum absolute atomic E-state index is 11.1. The first-order valence-corrected chi connectivity index (χ1v) is 4.50. The van der Waals surface area contributed by atoms with Crippen LogP contribution in [0.4, 0.5) is 0 Å². The molecule has 0 bridgehead atoms. The maximum Gasteiger partial charge on any atom is 0.334 e. The molecule has 5 heteroatoms. The molecule has 0 aromatic rings. The molecule has 0 heterocycles. The Hall–Kier alpha value is -1.10. The number of esters is 2. The Balaban J connectivity index is 4.71. The SMILES string of the molecule is C=C(Br)C/C(=C/C(=O)OC)C(=O)OC. The minimum absolute atomic E-state index is 0.196. The fourth-order valence-corrected chi connectivity index (χ4v) is 1.02. The molecule has 0 aromatic carbocycles. The molecule has 0 aromatic heterocycles. The van der Waals surface area contributed by atoms with Crippen molar-refractivity contribution in [2.75, 3.05) is 14.2 Å². The monoisotopic (exact) mass is 262 g/mol. The number of allylic oxidation sites excluding steroid dienone is 1. The number of hydrogen-bond acceptors (Lipinski definition) is 4. The number of carbonyl (C=O) groups is 2. The summed E-state index contributed by atoms with van der Waals surface area (Å²) in [5.74, 6) is -1.17. The second-order valence-electron chi connectivity index (χ2n) is 2.38. The Labute approximate surface area is 90.7 Å². The Morgan fingerprint density at radius 3 is 2.29 bits per heavy atom. The Kier molecular flexibility index (Phi) is 5.87. The molecule has 0 saturated heterocycles. The van der Waals surface area contributed by atoms with E-state index in [0.717, 1.165) is 6.08 Å². The fourth-order valence-electron chi connectivity index (χ4n) is 0.721. The van der Waals surface area contributed by atoms with Gasteiger partial charge in [-0.05, 0) is 4.48 Å². The van der Waals surface area contributed by atoms with Gasteiger partial charge in [-0.15, -0.1) is 0 Å². The summed E-state index contributed by atoms with van der Waals surface area (Å²) in [7, 11) is 2.47. The van der Waals surface area contributed by atoms with Crippen LogP contribution in [0.1, 0.15) is 6.42 Å². The van der Waals surface area contributed by atoms with Gasteiger partial charge in [-0.2, -0.15) is 0 Å². The van der Waals surface area contributed by atoms with E-state index in [1.54, 1.807) is 0 Å². The largest absolute Gasteiger partial charge is 0.466 e. The van der Waals surface area contributed by atoms with Crippen LogP contribution in [0.3, 0.4) is 0 Å². The van der Waals surface area contributed by atoms with Gasteiger partial charge in [0.05, 0.1) is 14.2 Å². The van der Waals surface area contributed by atoms with Gasteiger partial charge in [0, 0.05) is 18.1 Å². The Bertz CT molecular complexity index is 281. The van der Waals surface area contributed by atoms with Crippen molar-refractivity contribution in [3.8, 4) is 0 Å². The summed E-state index contributed by atoms with van der Waals surface area (Å²) in [6.07, 6.45) is 1.31. The summed E-state index contributed by atoms with van der Waals surface area (Å²) in [5.41, 5.74) is 0.196. The minimum Gasteiger partial charge on any atom is -0.466 e. The van der Waals surface area contributed by atoms with Crippen molar-refractivity contribution in [1.29, 1.82) is 0 Å². The van der Waals surface area contributed by atoms with Gasteiger partial charge in [-0.1, -0.05) is 22.5 Å². The van der Waals surface area contributed by atoms with E-state index in [9.17, 15) is 9.59 Å². The highest BCUT2D eigenvalue weighted by Gasteiger charge is 2.12. The molecule has 14 heavy (non-hydrogen) atoms. The molecular weight excluding hydrogens is 252 g/mol. The lowest BCUT2D eigenvalue weighted by Crippen LogP contribution is -2.08. The summed E-state index contributed by atoms with van der Waals surface area (Å²) in [4.78, 5) is 22.0. The van der Waals surface area contributed by atoms with E-state index in [1.807, 2.05) is 0 Å². The first kappa shape index (κ1) is 12.9. The van der Waals surface area contributed by atoms with Crippen molar-refractivity contribution in [3.05, 3.63) is 22.7 Å². The fraction of sp³-hybridized carbons (Fsp3) is 0.333. The maximum atomic E-state index is 11.1. The molecule has 0 aliphatic carbocycles. The molecule has 0 rings (SSSR count). The normalized spacial score (nSPS) is 10.6. The lowest BCUT2D eigenvalue weighted by atomic mass is 10.2. The average molecular weight is 263 g/mol. The molecule has 0 aliphatic rings. The predicted molar refractivity (Wildman–Crippen MR) is 54.8 cm³/mol. The van der Waals surface area contributed by atoms with Crippen molar-refractivity contribution >= 4 is 27.9 Å². The number of hydrogen-bond donors (Lipinski definition) is 0. The highest BCUT2D eigenvalue weighted by molar-refractivity contribution is 9.11. The topological polar surface area (TPSA) is 52.6 Å². The third-order valence-corrected chi connectivity index (χ3v) is 1.60. The van der Waals surface area contributed by atoms with Crippen LogP contribution in [0.5, 0.6) is 0 Å². The second kappa shape index (κ2) is 6.37. The molecular formula is C9H11BrO4. The summed E-state index contributed by atoms with van der Waals surface area (Å²) in [5, 5.41) is 0. The number of halogens is 1. The number of methoxy groups -OCH3 is 2. The summed E-state index contributed by atoms with van der Waals surface area (Å²) in [6, 6.07) is 0. The van der Waals surface area contributed by atoms with Crippen LogP contribution < -0.4 is 0 Å². The van der Waals surface area contributed by atoms with Crippen LogP contribution in [0.15, 0.2) is 22.7 Å². The van der Waals surface area contributed by atoms with Crippen LogP contribution in [-0.4, -0.2) is 26.2 Å². The van der Waals surface area contributed by atoms with Gasteiger partial charge in [-0.25, -0.2) is 9.59 Å². The molecule has 0 aliphatic heterocycles.